The first kappa shape index (κ1) is 15.7. The molecule has 110 valence electrons. The molecule has 0 atom stereocenters. The first-order chi connectivity index (χ1) is 9.47. The van der Waals surface area contributed by atoms with Gasteiger partial charge in [0.1, 0.15) is 0 Å². The normalized spacial score (nSPS) is 16.3. The Labute approximate surface area is 134 Å². The monoisotopic (exact) mass is 334 g/mol. The van der Waals surface area contributed by atoms with E-state index in [-0.39, 0.29) is 12.5 Å². The van der Waals surface area contributed by atoms with Crippen molar-refractivity contribution in [1.29, 1.82) is 0 Å². The fraction of sp³-hybridized carbons (Fsp3) is 0.500. The molecule has 1 aromatic carbocycles. The van der Waals surface area contributed by atoms with Gasteiger partial charge < -0.3 is 10.2 Å². The first-order valence-electron chi connectivity index (χ1n) is 6.63. The van der Waals surface area contributed by atoms with Crippen LogP contribution in [0, 0.1) is 5.92 Å². The van der Waals surface area contributed by atoms with Crippen LogP contribution in [0.15, 0.2) is 12.1 Å². The molecule has 1 aromatic rings. The van der Waals surface area contributed by atoms with Crippen LogP contribution in [0.3, 0.4) is 0 Å². The van der Waals surface area contributed by atoms with Crippen molar-refractivity contribution in [3.05, 3.63) is 27.2 Å². The molecule has 1 aliphatic heterocycles. The molecule has 1 fully saturated rings. The number of hydrogen-bond acceptors (Lipinski definition) is 2. The number of piperidine rings is 1. The predicted molar refractivity (Wildman–Crippen MR) is 84.9 cm³/mol. The van der Waals surface area contributed by atoms with E-state index in [4.69, 9.17) is 34.8 Å². The summed E-state index contributed by atoms with van der Waals surface area (Å²) in [4.78, 5) is 14.0. The van der Waals surface area contributed by atoms with E-state index in [1.165, 1.54) is 0 Å². The van der Waals surface area contributed by atoms with Crippen molar-refractivity contribution in [1.82, 2.24) is 4.90 Å². The van der Waals surface area contributed by atoms with Crippen LogP contribution in [-0.2, 0) is 4.79 Å². The Balaban J connectivity index is 1.92. The van der Waals surface area contributed by atoms with Crippen LogP contribution >= 0.6 is 34.8 Å². The summed E-state index contributed by atoms with van der Waals surface area (Å²) >= 11 is 17.9. The van der Waals surface area contributed by atoms with Crippen LogP contribution in [0.4, 0.5) is 5.69 Å². The van der Waals surface area contributed by atoms with E-state index in [0.29, 0.717) is 26.7 Å². The number of halogens is 3. The smallest absolute Gasteiger partial charge is 0.241 e. The molecule has 0 aliphatic carbocycles. The van der Waals surface area contributed by atoms with Crippen LogP contribution in [0.5, 0.6) is 0 Å². The van der Waals surface area contributed by atoms with Crippen molar-refractivity contribution < 1.29 is 4.79 Å². The van der Waals surface area contributed by atoms with E-state index in [2.05, 4.69) is 12.2 Å². The van der Waals surface area contributed by atoms with Gasteiger partial charge in [-0.3, -0.25) is 4.79 Å². The zero-order valence-corrected chi connectivity index (χ0v) is 13.5. The lowest BCUT2D eigenvalue weighted by Gasteiger charge is -2.30. The fourth-order valence-corrected chi connectivity index (χ4v) is 2.81. The Bertz CT molecular complexity index is 499. The minimum Gasteiger partial charge on any atom is -0.375 e. The third-order valence-corrected chi connectivity index (χ3v) is 4.61. The number of rotatable bonds is 3. The molecular formula is C14H17Cl3N2O. The Morgan fingerprint density at radius 1 is 1.20 bits per heavy atom. The summed E-state index contributed by atoms with van der Waals surface area (Å²) in [6, 6.07) is 3.21. The van der Waals surface area contributed by atoms with Crippen LogP contribution in [0.25, 0.3) is 0 Å². The second kappa shape index (κ2) is 6.88. The maximum atomic E-state index is 12.1. The molecule has 0 radical (unpaired) electrons. The van der Waals surface area contributed by atoms with E-state index in [0.717, 1.165) is 25.9 Å². The van der Waals surface area contributed by atoms with E-state index < -0.39 is 0 Å². The highest BCUT2D eigenvalue weighted by Gasteiger charge is 2.20. The highest BCUT2D eigenvalue weighted by Crippen LogP contribution is 2.32. The molecule has 0 saturated carbocycles. The number of nitrogens with one attached hydrogen (secondary N) is 1. The van der Waals surface area contributed by atoms with Gasteiger partial charge in [0.15, 0.2) is 0 Å². The number of anilines is 1. The number of likely N-dealkylation sites (tertiary alicyclic amines) is 1. The largest absolute Gasteiger partial charge is 0.375 e. The molecule has 2 rings (SSSR count). The van der Waals surface area contributed by atoms with E-state index >= 15 is 0 Å². The molecule has 6 heteroatoms. The summed E-state index contributed by atoms with van der Waals surface area (Å²) in [5.41, 5.74) is 0.625. The van der Waals surface area contributed by atoms with Gasteiger partial charge in [0.25, 0.3) is 0 Å². The summed E-state index contributed by atoms with van der Waals surface area (Å²) in [6.07, 6.45) is 2.14. The van der Waals surface area contributed by atoms with Crippen LogP contribution < -0.4 is 5.32 Å². The maximum absolute atomic E-state index is 12.1. The van der Waals surface area contributed by atoms with Crippen LogP contribution in [0.1, 0.15) is 19.8 Å². The number of amides is 1. The van der Waals surface area contributed by atoms with Gasteiger partial charge in [0.05, 0.1) is 27.3 Å². The first-order valence-corrected chi connectivity index (χ1v) is 7.77. The minimum atomic E-state index is 0.0824. The molecule has 20 heavy (non-hydrogen) atoms. The quantitative estimate of drug-likeness (QED) is 0.834. The average Bonchev–Trinajstić information content (AvgIpc) is 2.42. The van der Waals surface area contributed by atoms with Gasteiger partial charge in [-0.05, 0) is 30.9 Å². The van der Waals surface area contributed by atoms with E-state index in [1.807, 2.05) is 4.90 Å². The average molecular weight is 336 g/mol. The molecule has 0 aromatic heterocycles. The highest BCUT2D eigenvalue weighted by molar-refractivity contribution is 6.44. The maximum Gasteiger partial charge on any atom is 0.241 e. The molecule has 1 amide bonds. The predicted octanol–water partition coefficient (Wildman–Crippen LogP) is 4.32. The van der Waals surface area contributed by atoms with E-state index in [1.54, 1.807) is 12.1 Å². The third-order valence-electron chi connectivity index (χ3n) is 3.58. The summed E-state index contributed by atoms with van der Waals surface area (Å²) in [7, 11) is 0. The summed E-state index contributed by atoms with van der Waals surface area (Å²) < 4.78 is 0. The number of hydrogen-bond donors (Lipinski definition) is 1. The Kier molecular flexibility index (Phi) is 5.42. The van der Waals surface area contributed by atoms with Gasteiger partial charge in [-0.15, -0.1) is 0 Å². The SMILES string of the molecule is CC1CCN(C(=O)CNc2cc(Cl)c(Cl)cc2Cl)CC1. The lowest BCUT2D eigenvalue weighted by Crippen LogP contribution is -2.40. The molecule has 0 unspecified atom stereocenters. The zero-order valence-electron chi connectivity index (χ0n) is 11.3. The van der Waals surface area contributed by atoms with Gasteiger partial charge in [-0.2, -0.15) is 0 Å². The highest BCUT2D eigenvalue weighted by atomic mass is 35.5. The molecule has 1 aliphatic rings. The van der Waals surface area contributed by atoms with Crippen molar-refractivity contribution in [2.24, 2.45) is 5.92 Å². The van der Waals surface area contributed by atoms with Gasteiger partial charge >= 0.3 is 0 Å². The van der Waals surface area contributed by atoms with Crippen molar-refractivity contribution >= 4 is 46.4 Å². The standard InChI is InChI=1S/C14H17Cl3N2O/c1-9-2-4-19(5-3-9)14(20)8-18-13-7-11(16)10(15)6-12(13)17/h6-7,9,18H,2-5,8H2,1H3. The molecule has 0 bridgehead atoms. The second-order valence-electron chi connectivity index (χ2n) is 5.16. The lowest BCUT2D eigenvalue weighted by atomic mass is 9.99. The summed E-state index contributed by atoms with van der Waals surface area (Å²) in [5, 5.41) is 4.30. The van der Waals surface area contributed by atoms with E-state index in [9.17, 15) is 4.79 Å². The van der Waals surface area contributed by atoms with Crippen molar-refractivity contribution in [3.8, 4) is 0 Å². The van der Waals surface area contributed by atoms with Gasteiger partial charge in [-0.1, -0.05) is 41.7 Å². The Morgan fingerprint density at radius 3 is 2.45 bits per heavy atom. The number of nitrogens with zero attached hydrogens (tertiary/aromatic N) is 1. The third kappa shape index (κ3) is 3.94. The number of carbonyl (C=O) groups excluding carboxylic acids is 1. The van der Waals surface area contributed by atoms with Crippen molar-refractivity contribution in [2.45, 2.75) is 19.8 Å². The molecule has 1 saturated heterocycles. The summed E-state index contributed by atoms with van der Waals surface area (Å²) in [6.45, 7) is 4.09. The van der Waals surface area contributed by atoms with Crippen molar-refractivity contribution in [2.75, 3.05) is 25.0 Å². The van der Waals surface area contributed by atoms with Gasteiger partial charge in [0.2, 0.25) is 5.91 Å². The Morgan fingerprint density at radius 2 is 1.80 bits per heavy atom. The zero-order chi connectivity index (χ0) is 14.7. The molecule has 1 N–H and O–H groups in total. The second-order valence-corrected chi connectivity index (χ2v) is 6.38. The van der Waals surface area contributed by atoms with Crippen LogP contribution in [-0.4, -0.2) is 30.4 Å². The number of carbonyl (C=O) groups is 1. The topological polar surface area (TPSA) is 32.3 Å². The summed E-state index contributed by atoms with van der Waals surface area (Å²) in [5.74, 6) is 0.788. The van der Waals surface area contributed by atoms with Gasteiger partial charge in [0, 0.05) is 13.1 Å². The van der Waals surface area contributed by atoms with Gasteiger partial charge in [-0.25, -0.2) is 0 Å². The minimum absolute atomic E-state index is 0.0824. The van der Waals surface area contributed by atoms with Crippen LogP contribution in [0.2, 0.25) is 15.1 Å². The molecule has 1 heterocycles. The Hall–Kier alpha value is -0.640. The fourth-order valence-electron chi connectivity index (χ4n) is 2.20. The lowest BCUT2D eigenvalue weighted by molar-refractivity contribution is -0.130. The molecule has 0 spiro atoms. The molecule has 3 nitrogen and oxygen atoms in total. The number of benzene rings is 1. The molecular weight excluding hydrogens is 319 g/mol. The van der Waals surface area contributed by atoms with Crippen molar-refractivity contribution in [3.63, 3.8) is 0 Å².